The second-order valence-electron chi connectivity index (χ2n) is 17.4. The first-order valence-electron chi connectivity index (χ1n) is 23.1. The van der Waals surface area contributed by atoms with Crippen molar-refractivity contribution in [2.75, 3.05) is 0 Å². The summed E-state index contributed by atoms with van der Waals surface area (Å²) < 4.78 is 6.93. The van der Waals surface area contributed by atoms with E-state index in [-0.39, 0.29) is 0 Å². The van der Waals surface area contributed by atoms with Crippen LogP contribution in [0.15, 0.2) is 231 Å². The van der Waals surface area contributed by atoms with E-state index >= 15 is 0 Å². The van der Waals surface area contributed by atoms with Gasteiger partial charge in [0.05, 0.1) is 50.7 Å². The van der Waals surface area contributed by atoms with Gasteiger partial charge >= 0.3 is 0 Å². The Morgan fingerprint density at radius 3 is 1.59 bits per heavy atom. The SMILES string of the molecule is c1ccc(-c2cc(-n3c4ccccc4c4cc(-c5nccc(-c6ccc7c(c6)c6ccccc6n7-c6ccc7c(c6)c6ccncc6n7-c6ccccc6)n5)ccc43)nc(-c3ccccc3)n2)cc1. The number of nitrogens with zero attached hydrogens (tertiary/aromatic N) is 8. The molecule has 6 heterocycles. The molecule has 0 aliphatic rings. The summed E-state index contributed by atoms with van der Waals surface area (Å²) >= 11 is 0. The minimum atomic E-state index is 0.659. The Bertz CT molecular complexity index is 4250. The van der Waals surface area contributed by atoms with E-state index in [4.69, 9.17) is 19.9 Å². The van der Waals surface area contributed by atoms with Crippen molar-refractivity contribution in [3.05, 3.63) is 231 Å². The van der Waals surface area contributed by atoms with Crippen LogP contribution in [0.4, 0.5) is 0 Å². The van der Waals surface area contributed by atoms with Crippen LogP contribution in [0.25, 0.3) is 128 Å². The third-order valence-electron chi connectivity index (χ3n) is 13.4. The minimum Gasteiger partial charge on any atom is -0.309 e. The molecule has 0 amide bonds. The van der Waals surface area contributed by atoms with Gasteiger partial charge in [-0.3, -0.25) is 9.55 Å². The summed E-state index contributed by atoms with van der Waals surface area (Å²) in [5, 5.41) is 6.88. The van der Waals surface area contributed by atoms with Crippen molar-refractivity contribution in [1.29, 1.82) is 0 Å². The highest BCUT2D eigenvalue weighted by Gasteiger charge is 2.20. The molecule has 0 atom stereocenters. The molecular weight excluding hydrogens is 845 g/mol. The zero-order valence-electron chi connectivity index (χ0n) is 37.0. The fourth-order valence-corrected chi connectivity index (χ4v) is 10.3. The topological polar surface area (TPSA) is 79.2 Å². The molecule has 0 aliphatic heterocycles. The number of aromatic nitrogens is 8. The molecule has 0 saturated heterocycles. The summed E-state index contributed by atoms with van der Waals surface area (Å²) in [5.74, 6) is 2.13. The average Bonchev–Trinajstić information content (AvgIpc) is 4.06. The number of para-hydroxylation sites is 3. The molecule has 0 radical (unpaired) electrons. The van der Waals surface area contributed by atoms with Crippen LogP contribution < -0.4 is 0 Å². The molecule has 8 aromatic carbocycles. The molecule has 0 fully saturated rings. The summed E-state index contributed by atoms with van der Waals surface area (Å²) in [4.78, 5) is 24.9. The zero-order chi connectivity index (χ0) is 45.4. The molecular formula is C61H38N8. The first kappa shape index (κ1) is 38.7. The van der Waals surface area contributed by atoms with E-state index in [1.165, 1.54) is 16.2 Å². The van der Waals surface area contributed by atoms with E-state index in [0.29, 0.717) is 11.6 Å². The van der Waals surface area contributed by atoms with E-state index in [1.807, 2.05) is 61.1 Å². The van der Waals surface area contributed by atoms with Crippen molar-refractivity contribution < 1.29 is 0 Å². The molecule has 6 aromatic heterocycles. The molecule has 8 nitrogen and oxygen atoms in total. The molecule has 0 aliphatic carbocycles. The number of pyridine rings is 1. The number of hydrogen-bond acceptors (Lipinski definition) is 5. The monoisotopic (exact) mass is 882 g/mol. The predicted octanol–water partition coefficient (Wildman–Crippen LogP) is 14.6. The number of hydrogen-bond donors (Lipinski definition) is 0. The largest absolute Gasteiger partial charge is 0.309 e. The van der Waals surface area contributed by atoms with Crippen molar-refractivity contribution in [2.45, 2.75) is 0 Å². The molecule has 14 aromatic rings. The number of fused-ring (bicyclic) bond motifs is 9. The zero-order valence-corrected chi connectivity index (χ0v) is 37.0. The molecule has 0 bridgehead atoms. The van der Waals surface area contributed by atoms with Crippen molar-refractivity contribution in [3.8, 4) is 62.5 Å². The third kappa shape index (κ3) is 6.27. The molecule has 14 rings (SSSR count). The Labute approximate surface area is 395 Å². The number of benzene rings is 8. The Kier molecular flexibility index (Phi) is 8.72. The van der Waals surface area contributed by atoms with E-state index < -0.39 is 0 Å². The molecule has 69 heavy (non-hydrogen) atoms. The highest BCUT2D eigenvalue weighted by Crippen LogP contribution is 2.39. The Morgan fingerprint density at radius 2 is 0.841 bits per heavy atom. The maximum atomic E-state index is 5.24. The fraction of sp³-hybridized carbons (Fsp3) is 0. The lowest BCUT2D eigenvalue weighted by atomic mass is 10.1. The van der Waals surface area contributed by atoms with Crippen LogP contribution in [0.5, 0.6) is 0 Å². The lowest BCUT2D eigenvalue weighted by Gasteiger charge is -2.12. The molecule has 322 valence electrons. The second-order valence-corrected chi connectivity index (χ2v) is 17.4. The molecule has 0 N–H and O–H groups in total. The van der Waals surface area contributed by atoms with Crippen molar-refractivity contribution >= 4 is 65.4 Å². The normalized spacial score (nSPS) is 11.8. The highest BCUT2D eigenvalue weighted by molar-refractivity contribution is 6.13. The molecule has 8 heteroatoms. The van der Waals surface area contributed by atoms with E-state index in [9.17, 15) is 0 Å². The van der Waals surface area contributed by atoms with Gasteiger partial charge in [-0.05, 0) is 84.9 Å². The van der Waals surface area contributed by atoms with Gasteiger partial charge in [0.1, 0.15) is 5.82 Å². The van der Waals surface area contributed by atoms with Crippen LogP contribution in [-0.4, -0.2) is 38.6 Å². The first-order chi connectivity index (χ1) is 34.2. The molecule has 0 unspecified atom stereocenters. The van der Waals surface area contributed by atoms with Crippen LogP contribution in [0, 0.1) is 0 Å². The minimum absolute atomic E-state index is 0.659. The van der Waals surface area contributed by atoms with Gasteiger partial charge < -0.3 is 9.13 Å². The van der Waals surface area contributed by atoms with Gasteiger partial charge in [-0.2, -0.15) is 0 Å². The Hall–Kier alpha value is -9.53. The van der Waals surface area contributed by atoms with Crippen molar-refractivity contribution in [2.24, 2.45) is 0 Å². The quantitative estimate of drug-likeness (QED) is 0.159. The van der Waals surface area contributed by atoms with Crippen LogP contribution in [0.1, 0.15) is 0 Å². The lowest BCUT2D eigenvalue weighted by molar-refractivity contribution is 1.05. The summed E-state index contributed by atoms with van der Waals surface area (Å²) in [6.07, 6.45) is 5.71. The van der Waals surface area contributed by atoms with Crippen molar-refractivity contribution in [1.82, 2.24) is 38.6 Å². The standard InChI is InChI=1S/C61H38N8/c1-4-14-39(15-5-1)52-37-59(66-61(65-52)40-16-6-2-7-17-40)69-54-23-13-11-21-46(54)49-35-42(25-28-57(49)69)60-63-33-31-51(64-60)41-24-27-55-48(34-41)45-20-10-12-22-53(45)68(55)44-26-29-56-50(36-44)47-30-32-62-38-58(47)67(56)43-18-8-3-9-19-43/h1-38H. The van der Waals surface area contributed by atoms with Gasteiger partial charge in [-0.15, -0.1) is 0 Å². The maximum Gasteiger partial charge on any atom is 0.162 e. The van der Waals surface area contributed by atoms with E-state index in [2.05, 4.69) is 189 Å². The maximum absolute atomic E-state index is 5.24. The summed E-state index contributed by atoms with van der Waals surface area (Å²) in [6, 6.07) is 74.4. The lowest BCUT2D eigenvalue weighted by Crippen LogP contribution is -2.02. The van der Waals surface area contributed by atoms with Crippen LogP contribution in [-0.2, 0) is 0 Å². The average molecular weight is 883 g/mol. The van der Waals surface area contributed by atoms with Gasteiger partial charge in [-0.25, -0.2) is 19.9 Å². The Balaban J connectivity index is 0.871. The van der Waals surface area contributed by atoms with Crippen molar-refractivity contribution in [3.63, 3.8) is 0 Å². The summed E-state index contributed by atoms with van der Waals surface area (Å²) in [5.41, 5.74) is 14.4. The Morgan fingerprint density at radius 1 is 0.290 bits per heavy atom. The first-order valence-corrected chi connectivity index (χ1v) is 23.1. The fourth-order valence-electron chi connectivity index (χ4n) is 10.3. The van der Waals surface area contributed by atoms with Gasteiger partial charge in [0, 0.05) is 84.4 Å². The predicted molar refractivity (Wildman–Crippen MR) is 280 cm³/mol. The van der Waals surface area contributed by atoms with Gasteiger partial charge in [0.15, 0.2) is 11.6 Å². The van der Waals surface area contributed by atoms with Gasteiger partial charge in [0.25, 0.3) is 0 Å². The summed E-state index contributed by atoms with van der Waals surface area (Å²) in [6.45, 7) is 0. The highest BCUT2D eigenvalue weighted by atomic mass is 15.1. The van der Waals surface area contributed by atoms with Crippen LogP contribution >= 0.6 is 0 Å². The van der Waals surface area contributed by atoms with E-state index in [0.717, 1.165) is 100 Å². The molecule has 0 saturated carbocycles. The van der Waals surface area contributed by atoms with Crippen LogP contribution in [0.2, 0.25) is 0 Å². The third-order valence-corrected chi connectivity index (χ3v) is 13.4. The van der Waals surface area contributed by atoms with Gasteiger partial charge in [0.2, 0.25) is 0 Å². The van der Waals surface area contributed by atoms with E-state index in [1.54, 1.807) is 0 Å². The summed E-state index contributed by atoms with van der Waals surface area (Å²) in [7, 11) is 0. The second kappa shape index (κ2) is 15.5. The van der Waals surface area contributed by atoms with Gasteiger partial charge in [-0.1, -0.05) is 121 Å². The van der Waals surface area contributed by atoms with Crippen LogP contribution in [0.3, 0.4) is 0 Å². The number of rotatable bonds is 7. The smallest absolute Gasteiger partial charge is 0.162 e. The molecule has 0 spiro atoms.